The van der Waals surface area contributed by atoms with Crippen LogP contribution in [0.2, 0.25) is 0 Å². The van der Waals surface area contributed by atoms with Crippen molar-refractivity contribution in [2.24, 2.45) is 7.05 Å². The molecule has 0 fully saturated rings. The van der Waals surface area contributed by atoms with Gasteiger partial charge in [0.15, 0.2) is 10.8 Å². The fourth-order valence-corrected chi connectivity index (χ4v) is 3.46. The zero-order valence-corrected chi connectivity index (χ0v) is 14.8. The summed E-state index contributed by atoms with van der Waals surface area (Å²) < 4.78 is 43.8. The smallest absolute Gasteiger partial charge is 0.277 e. The summed E-state index contributed by atoms with van der Waals surface area (Å²) in [7, 11) is -0.859. The van der Waals surface area contributed by atoms with Gasteiger partial charge in [0.25, 0.3) is 10.0 Å². The lowest BCUT2D eigenvalue weighted by Crippen LogP contribution is -2.15. The van der Waals surface area contributed by atoms with Crippen LogP contribution in [0.25, 0.3) is 17.1 Å². The summed E-state index contributed by atoms with van der Waals surface area (Å²) in [5, 5.41) is 2.31. The lowest BCUT2D eigenvalue weighted by molar-refractivity contribution is -0.115. The summed E-state index contributed by atoms with van der Waals surface area (Å²) in [6, 6.07) is 4.38. The first-order valence-electron chi connectivity index (χ1n) is 7.53. The Bertz CT molecular complexity index is 1100. The highest BCUT2D eigenvalue weighted by Crippen LogP contribution is 2.30. The monoisotopic (exact) mass is 377 g/mol. The van der Waals surface area contributed by atoms with E-state index in [4.69, 9.17) is 0 Å². The van der Waals surface area contributed by atoms with Gasteiger partial charge < -0.3 is 14.9 Å². The van der Waals surface area contributed by atoms with Crippen molar-refractivity contribution in [2.45, 2.75) is 5.03 Å². The number of amides is 1. The molecule has 10 heteroatoms. The molecule has 0 saturated heterocycles. The van der Waals surface area contributed by atoms with E-state index in [-0.39, 0.29) is 21.8 Å². The second-order valence-electron chi connectivity index (χ2n) is 5.46. The van der Waals surface area contributed by atoms with Gasteiger partial charge in [-0.15, -0.1) is 0 Å². The maximum atomic E-state index is 14.9. The molecule has 1 amide bonds. The van der Waals surface area contributed by atoms with Crippen molar-refractivity contribution in [3.05, 3.63) is 48.2 Å². The number of nitrogens with zero attached hydrogens (tertiary/aromatic N) is 2. The molecule has 136 valence electrons. The molecule has 8 nitrogen and oxygen atoms in total. The summed E-state index contributed by atoms with van der Waals surface area (Å²) in [4.78, 5) is 18.0. The number of hydrogen-bond donors (Lipinski definition) is 3. The first-order valence-corrected chi connectivity index (χ1v) is 9.01. The minimum absolute atomic E-state index is 0.00615. The third kappa shape index (κ3) is 3.18. The van der Waals surface area contributed by atoms with E-state index in [0.29, 0.717) is 5.52 Å². The van der Waals surface area contributed by atoms with Gasteiger partial charge in [0, 0.05) is 31.9 Å². The molecule has 0 radical (unpaired) electrons. The lowest BCUT2D eigenvalue weighted by Gasteiger charge is -2.12. The van der Waals surface area contributed by atoms with Crippen LogP contribution in [0.3, 0.4) is 0 Å². The van der Waals surface area contributed by atoms with E-state index in [0.717, 1.165) is 6.08 Å². The van der Waals surface area contributed by atoms with Crippen LogP contribution < -0.4 is 10.0 Å². The Balaban J connectivity index is 2.17. The molecule has 0 unspecified atom stereocenters. The minimum atomic E-state index is -3.95. The van der Waals surface area contributed by atoms with E-state index in [9.17, 15) is 17.6 Å². The van der Waals surface area contributed by atoms with Crippen molar-refractivity contribution in [3.8, 4) is 0 Å². The Morgan fingerprint density at radius 3 is 2.85 bits per heavy atom. The number of hydrogen-bond acceptors (Lipinski definition) is 4. The lowest BCUT2D eigenvalue weighted by atomic mass is 10.1. The molecule has 2 aromatic heterocycles. The van der Waals surface area contributed by atoms with Gasteiger partial charge in [0.1, 0.15) is 5.52 Å². The van der Waals surface area contributed by atoms with E-state index >= 15 is 0 Å². The van der Waals surface area contributed by atoms with Crippen LogP contribution in [0.1, 0.15) is 5.56 Å². The summed E-state index contributed by atoms with van der Waals surface area (Å²) in [6.07, 6.45) is 5.20. The highest BCUT2D eigenvalue weighted by Gasteiger charge is 2.21. The molecule has 3 rings (SSSR count). The predicted octanol–water partition coefficient (Wildman–Crippen LogP) is 1.60. The average Bonchev–Trinajstić information content (AvgIpc) is 3.25. The zero-order valence-electron chi connectivity index (χ0n) is 13.9. The molecule has 0 spiro atoms. The number of carbonyl (C=O) groups is 1. The van der Waals surface area contributed by atoms with Crippen LogP contribution in [0.4, 0.5) is 10.1 Å². The number of fused-ring (bicyclic) bond motifs is 1. The van der Waals surface area contributed by atoms with Crippen LogP contribution in [-0.4, -0.2) is 35.9 Å². The van der Waals surface area contributed by atoms with Crippen molar-refractivity contribution in [1.29, 1.82) is 0 Å². The van der Waals surface area contributed by atoms with Gasteiger partial charge in [-0.3, -0.25) is 9.52 Å². The predicted molar refractivity (Wildman–Crippen MR) is 95.4 cm³/mol. The van der Waals surface area contributed by atoms with Gasteiger partial charge in [-0.1, -0.05) is 0 Å². The van der Waals surface area contributed by atoms with E-state index in [1.54, 1.807) is 11.6 Å². The minimum Gasteiger partial charge on any atom is -0.356 e. The first kappa shape index (κ1) is 17.7. The first-order chi connectivity index (χ1) is 12.3. The zero-order chi connectivity index (χ0) is 18.9. The van der Waals surface area contributed by atoms with Gasteiger partial charge >= 0.3 is 0 Å². The Hall–Kier alpha value is -3.14. The van der Waals surface area contributed by atoms with Gasteiger partial charge in [0.2, 0.25) is 5.91 Å². The Labute approximate surface area is 148 Å². The summed E-state index contributed by atoms with van der Waals surface area (Å²) >= 11 is 0. The molecule has 0 aliphatic rings. The number of aromatic amines is 1. The molecule has 0 saturated carbocycles. The summed E-state index contributed by atoms with van der Waals surface area (Å²) in [5.74, 6) is -1.18. The number of halogens is 1. The normalized spacial score (nSPS) is 12.0. The molecule has 2 heterocycles. The summed E-state index contributed by atoms with van der Waals surface area (Å²) in [5.41, 5.74) is 0.388. The second kappa shape index (κ2) is 6.64. The van der Waals surface area contributed by atoms with Crippen LogP contribution >= 0.6 is 0 Å². The van der Waals surface area contributed by atoms with Gasteiger partial charge in [-0.2, -0.15) is 8.42 Å². The number of aryl methyl sites for hydroxylation is 1. The number of rotatable bonds is 5. The SMILES string of the molecule is CNC(=O)/C=C/c1c(NS(=O)(=O)c2ccc[nH]2)cc2c(ncn2C)c1F. The largest absolute Gasteiger partial charge is 0.356 e. The number of aromatic nitrogens is 3. The number of H-pyrrole nitrogens is 1. The fraction of sp³-hybridized carbons (Fsp3) is 0.125. The third-order valence-corrected chi connectivity index (χ3v) is 5.07. The number of nitrogens with one attached hydrogen (secondary N) is 3. The van der Waals surface area contributed by atoms with E-state index in [2.05, 4.69) is 20.0 Å². The molecule has 0 aliphatic carbocycles. The Morgan fingerprint density at radius 1 is 1.42 bits per heavy atom. The number of sulfonamides is 1. The number of benzene rings is 1. The maximum Gasteiger partial charge on any atom is 0.277 e. The number of anilines is 1. The van der Waals surface area contributed by atoms with Crippen LogP contribution in [0, 0.1) is 5.82 Å². The van der Waals surface area contributed by atoms with Crippen molar-refractivity contribution < 1.29 is 17.6 Å². The van der Waals surface area contributed by atoms with Gasteiger partial charge in [-0.25, -0.2) is 9.37 Å². The van der Waals surface area contributed by atoms with Crippen LogP contribution in [0.5, 0.6) is 0 Å². The molecule has 3 aromatic rings. The number of carbonyl (C=O) groups excluding carboxylic acids is 1. The Kier molecular flexibility index (Phi) is 4.51. The molecule has 0 atom stereocenters. The van der Waals surface area contributed by atoms with Gasteiger partial charge in [0.05, 0.1) is 17.5 Å². The van der Waals surface area contributed by atoms with Crippen LogP contribution in [0.15, 0.2) is 41.8 Å². The molecule has 0 aliphatic heterocycles. The van der Waals surface area contributed by atoms with E-state index < -0.39 is 21.7 Å². The summed E-state index contributed by atoms with van der Waals surface area (Å²) in [6.45, 7) is 0. The molecular weight excluding hydrogens is 361 g/mol. The number of likely N-dealkylation sites (N-methyl/N-ethyl adjacent to an activating group) is 1. The molecule has 26 heavy (non-hydrogen) atoms. The highest BCUT2D eigenvalue weighted by molar-refractivity contribution is 7.92. The molecular formula is C16H16FN5O3S. The number of imidazole rings is 1. The second-order valence-corrected chi connectivity index (χ2v) is 7.11. The van der Waals surface area contributed by atoms with Crippen molar-refractivity contribution in [1.82, 2.24) is 19.9 Å². The maximum absolute atomic E-state index is 14.9. The quantitative estimate of drug-likeness (QED) is 0.587. The third-order valence-electron chi connectivity index (χ3n) is 3.75. The van der Waals surface area contributed by atoms with Crippen molar-refractivity contribution >= 4 is 38.7 Å². The molecule has 0 bridgehead atoms. The van der Waals surface area contributed by atoms with E-state index in [1.165, 1.54) is 43.8 Å². The Morgan fingerprint density at radius 2 is 2.19 bits per heavy atom. The molecule has 1 aromatic carbocycles. The topological polar surface area (TPSA) is 109 Å². The fourth-order valence-electron chi connectivity index (χ4n) is 2.41. The molecule has 3 N–H and O–H groups in total. The van der Waals surface area contributed by atoms with Crippen LogP contribution in [-0.2, 0) is 21.9 Å². The standard InChI is InChI=1S/C16H16FN5O3S/c1-18-13(23)6-5-10-11(21-26(24,25)14-4-3-7-19-14)8-12-16(15(10)17)20-9-22(12)2/h3-9,19,21H,1-2H3,(H,18,23)/b6-5+. The van der Waals surface area contributed by atoms with Gasteiger partial charge in [-0.05, 0) is 24.3 Å². The highest BCUT2D eigenvalue weighted by atomic mass is 32.2. The van der Waals surface area contributed by atoms with Crippen molar-refractivity contribution in [2.75, 3.05) is 11.8 Å². The average molecular weight is 377 g/mol. The van der Waals surface area contributed by atoms with Crippen molar-refractivity contribution in [3.63, 3.8) is 0 Å². The van der Waals surface area contributed by atoms with E-state index in [1.807, 2.05) is 0 Å².